The largest absolute Gasteiger partial charge is 0.293 e. The van der Waals surface area contributed by atoms with Gasteiger partial charge in [-0.25, -0.2) is 4.98 Å². The molecule has 0 aliphatic carbocycles. The van der Waals surface area contributed by atoms with Crippen molar-refractivity contribution in [3.8, 4) is 0 Å². The molecule has 0 bridgehead atoms. The Morgan fingerprint density at radius 3 is 2.48 bits per heavy atom. The van der Waals surface area contributed by atoms with Crippen molar-refractivity contribution in [2.45, 2.75) is 6.54 Å². The average molecular weight is 416 g/mol. The van der Waals surface area contributed by atoms with E-state index in [9.17, 15) is 19.7 Å². The summed E-state index contributed by atoms with van der Waals surface area (Å²) in [6, 6.07) is 5.66. The fourth-order valence-electron chi connectivity index (χ4n) is 2.04. The van der Waals surface area contributed by atoms with Gasteiger partial charge in [0.25, 0.3) is 16.8 Å². The number of carbonyl (C=O) groups is 2. The number of imide groups is 1. The van der Waals surface area contributed by atoms with Gasteiger partial charge >= 0.3 is 0 Å². The van der Waals surface area contributed by atoms with Gasteiger partial charge in [-0.1, -0.05) is 35.3 Å². The van der Waals surface area contributed by atoms with E-state index in [2.05, 4.69) is 4.98 Å². The number of rotatable bonds is 4. The minimum atomic E-state index is -0.517. The van der Waals surface area contributed by atoms with E-state index in [0.29, 0.717) is 10.4 Å². The Hall–Kier alpha value is -1.94. The van der Waals surface area contributed by atoms with E-state index < -0.39 is 16.1 Å². The van der Waals surface area contributed by atoms with Gasteiger partial charge in [0.1, 0.15) is 5.15 Å². The summed E-state index contributed by atoms with van der Waals surface area (Å²) < 4.78 is 0.237. The molecule has 3 rings (SSSR count). The smallest absolute Gasteiger partial charge is 0.268 e. The van der Waals surface area contributed by atoms with E-state index in [1.165, 1.54) is 30.3 Å². The first-order valence-corrected chi connectivity index (χ1v) is 9.04. The van der Waals surface area contributed by atoms with Crippen LogP contribution in [0.2, 0.25) is 9.62 Å². The number of benzene rings is 1. The Morgan fingerprint density at radius 1 is 1.24 bits per heavy atom. The highest BCUT2D eigenvalue weighted by atomic mass is 35.5. The topological polar surface area (TPSA) is 93.4 Å². The molecule has 0 saturated carbocycles. The van der Waals surface area contributed by atoms with Gasteiger partial charge < -0.3 is 0 Å². The van der Waals surface area contributed by atoms with Crippen LogP contribution in [0.1, 0.15) is 10.4 Å². The molecule has 1 saturated heterocycles. The molecular weight excluding hydrogens is 409 g/mol. The second kappa shape index (κ2) is 7.12. The lowest BCUT2D eigenvalue weighted by Crippen LogP contribution is -2.27. The van der Waals surface area contributed by atoms with E-state index in [-0.39, 0.29) is 26.8 Å². The quantitative estimate of drug-likeness (QED) is 0.411. The van der Waals surface area contributed by atoms with Crippen molar-refractivity contribution in [2.75, 3.05) is 0 Å². The van der Waals surface area contributed by atoms with Crippen LogP contribution < -0.4 is 0 Å². The van der Waals surface area contributed by atoms with E-state index in [1.54, 1.807) is 0 Å². The molecule has 7 nitrogen and oxygen atoms in total. The number of thiazole rings is 1. The van der Waals surface area contributed by atoms with Crippen LogP contribution in [0, 0.1) is 10.1 Å². The minimum absolute atomic E-state index is 0.0250. The van der Waals surface area contributed by atoms with Crippen LogP contribution in [0.3, 0.4) is 0 Å². The maximum atomic E-state index is 12.4. The minimum Gasteiger partial charge on any atom is -0.268 e. The summed E-state index contributed by atoms with van der Waals surface area (Å²) in [6.45, 7) is 0.0250. The van der Waals surface area contributed by atoms with Gasteiger partial charge in [-0.15, -0.1) is 11.3 Å². The lowest BCUT2D eigenvalue weighted by molar-refractivity contribution is -0.384. The lowest BCUT2D eigenvalue weighted by atomic mass is 10.2. The Morgan fingerprint density at radius 2 is 1.92 bits per heavy atom. The fraction of sp³-hybridized carbons (Fsp3) is 0.0714. The predicted octanol–water partition coefficient (Wildman–Crippen LogP) is 4.59. The Balaban J connectivity index is 1.79. The number of halogens is 2. The number of non-ortho nitro benzene ring substituents is 1. The number of nitro benzene ring substituents is 1. The molecule has 1 aromatic carbocycles. The van der Waals surface area contributed by atoms with Crippen LogP contribution in [0.15, 0.2) is 29.2 Å². The molecular formula is C14H7Cl2N3O4S2. The number of nitrogens with zero attached hydrogens (tertiary/aromatic N) is 3. The molecule has 2 heterocycles. The molecule has 2 aromatic rings. The second-order valence-corrected chi connectivity index (χ2v) is 7.78. The summed E-state index contributed by atoms with van der Waals surface area (Å²) in [5.74, 6) is -0.464. The van der Waals surface area contributed by atoms with Crippen LogP contribution in [0.5, 0.6) is 0 Å². The summed E-state index contributed by atoms with van der Waals surface area (Å²) >= 11 is 13.6. The number of aromatic nitrogens is 1. The van der Waals surface area contributed by atoms with Crippen molar-refractivity contribution in [1.29, 1.82) is 0 Å². The van der Waals surface area contributed by atoms with Crippen LogP contribution >= 0.6 is 46.3 Å². The maximum Gasteiger partial charge on any atom is 0.293 e. The van der Waals surface area contributed by atoms with Gasteiger partial charge in [0.05, 0.1) is 21.3 Å². The molecule has 25 heavy (non-hydrogen) atoms. The number of hydrogen-bond acceptors (Lipinski definition) is 7. The van der Waals surface area contributed by atoms with Gasteiger partial charge in [-0.3, -0.25) is 24.6 Å². The Bertz CT molecular complexity index is 911. The van der Waals surface area contributed by atoms with Crippen LogP contribution in [0.25, 0.3) is 6.08 Å². The van der Waals surface area contributed by atoms with E-state index >= 15 is 0 Å². The van der Waals surface area contributed by atoms with Gasteiger partial charge in [-0.05, 0) is 23.4 Å². The van der Waals surface area contributed by atoms with Crippen LogP contribution in [-0.2, 0) is 11.3 Å². The van der Waals surface area contributed by atoms with E-state index in [4.69, 9.17) is 23.2 Å². The molecule has 0 atom stereocenters. The molecule has 0 radical (unpaired) electrons. The predicted molar refractivity (Wildman–Crippen MR) is 96.7 cm³/mol. The molecule has 2 amide bonds. The first-order chi connectivity index (χ1) is 11.8. The van der Waals surface area contributed by atoms with Crippen molar-refractivity contribution in [3.05, 3.63) is 59.3 Å². The normalized spacial score (nSPS) is 16.1. The Labute approximate surface area is 159 Å². The molecule has 1 aliphatic rings. The standard InChI is InChI=1S/C14H7Cl2N3O4S2/c15-11-9(24-13(16)17-11)5-10-12(20)18(14(21)25-10)6-7-1-3-8(4-2-7)19(22)23/h1-5H,6H2/b10-5-. The first kappa shape index (κ1) is 17.9. The monoisotopic (exact) mass is 415 g/mol. The highest BCUT2D eigenvalue weighted by Gasteiger charge is 2.35. The molecule has 1 aromatic heterocycles. The van der Waals surface area contributed by atoms with Gasteiger partial charge in [-0.2, -0.15) is 0 Å². The molecule has 1 aliphatic heterocycles. The zero-order chi connectivity index (χ0) is 18.1. The number of amides is 2. The van der Waals surface area contributed by atoms with Crippen molar-refractivity contribution in [1.82, 2.24) is 9.88 Å². The first-order valence-electron chi connectivity index (χ1n) is 6.65. The highest BCUT2D eigenvalue weighted by Crippen LogP contribution is 2.36. The zero-order valence-electron chi connectivity index (χ0n) is 12.1. The molecule has 0 N–H and O–H groups in total. The molecule has 0 spiro atoms. The third-order valence-electron chi connectivity index (χ3n) is 3.21. The fourth-order valence-corrected chi connectivity index (χ4v) is 4.24. The average Bonchev–Trinajstić information content (AvgIpc) is 3.01. The van der Waals surface area contributed by atoms with Crippen LogP contribution in [-0.4, -0.2) is 26.0 Å². The number of carbonyl (C=O) groups excluding carboxylic acids is 2. The Kier molecular flexibility index (Phi) is 5.09. The summed E-state index contributed by atoms with van der Waals surface area (Å²) in [4.78, 5) is 40.3. The van der Waals surface area contributed by atoms with Crippen molar-refractivity contribution >= 4 is 69.2 Å². The molecule has 0 unspecified atom stereocenters. The maximum absolute atomic E-state index is 12.4. The zero-order valence-corrected chi connectivity index (χ0v) is 15.3. The van der Waals surface area contributed by atoms with Crippen molar-refractivity contribution in [2.24, 2.45) is 0 Å². The summed E-state index contributed by atoms with van der Waals surface area (Å²) in [6.07, 6.45) is 1.48. The van der Waals surface area contributed by atoms with Crippen molar-refractivity contribution < 1.29 is 14.5 Å². The number of thioether (sulfide) groups is 1. The summed E-state index contributed by atoms with van der Waals surface area (Å²) in [5.41, 5.74) is 0.544. The second-order valence-electron chi connectivity index (χ2n) is 4.81. The van der Waals surface area contributed by atoms with Crippen LogP contribution in [0.4, 0.5) is 10.5 Å². The highest BCUT2D eigenvalue weighted by molar-refractivity contribution is 8.18. The SMILES string of the molecule is O=C1S/C(=C\c2sc(Cl)nc2Cl)C(=O)N1Cc1ccc([N+](=O)[O-])cc1. The third kappa shape index (κ3) is 3.84. The summed E-state index contributed by atoms with van der Waals surface area (Å²) in [7, 11) is 0. The van der Waals surface area contributed by atoms with E-state index in [1.807, 2.05) is 0 Å². The van der Waals surface area contributed by atoms with Gasteiger partial charge in [0.2, 0.25) is 0 Å². The molecule has 128 valence electrons. The number of hydrogen-bond donors (Lipinski definition) is 0. The third-order valence-corrected chi connectivity index (χ3v) is 5.62. The molecule has 11 heteroatoms. The van der Waals surface area contributed by atoms with Gasteiger partial charge in [0.15, 0.2) is 4.47 Å². The lowest BCUT2D eigenvalue weighted by Gasteiger charge is -2.12. The van der Waals surface area contributed by atoms with Crippen molar-refractivity contribution in [3.63, 3.8) is 0 Å². The number of nitro groups is 1. The van der Waals surface area contributed by atoms with E-state index in [0.717, 1.165) is 28.0 Å². The molecule has 1 fully saturated rings. The van der Waals surface area contributed by atoms with Gasteiger partial charge in [0, 0.05) is 12.1 Å². The summed E-state index contributed by atoms with van der Waals surface area (Å²) in [5, 5.41) is 10.4.